The van der Waals surface area contributed by atoms with Gasteiger partial charge in [-0.05, 0) is 66.6 Å². The number of imidazole rings is 1. The summed E-state index contributed by atoms with van der Waals surface area (Å²) < 4.78 is 15.9. The predicted molar refractivity (Wildman–Crippen MR) is 124 cm³/mol. The molecule has 0 aliphatic rings. The van der Waals surface area contributed by atoms with Crippen molar-refractivity contribution < 1.29 is 14.3 Å². The zero-order chi connectivity index (χ0) is 23.2. The molecule has 0 aliphatic carbocycles. The number of aromatic hydroxyl groups is 1. The molecule has 164 valence electrons. The van der Waals surface area contributed by atoms with Crippen molar-refractivity contribution in [2.45, 2.75) is 13.5 Å². The maximum Gasteiger partial charge on any atom is 0.329 e. The van der Waals surface area contributed by atoms with Crippen LogP contribution in [0.15, 0.2) is 53.3 Å². The first kappa shape index (κ1) is 21.9. The number of aryl methyl sites for hydroxylation is 2. The number of benzene rings is 3. The Bertz CT molecular complexity index is 1400. The highest BCUT2D eigenvalue weighted by atomic mass is 35.5. The van der Waals surface area contributed by atoms with Crippen LogP contribution in [0.2, 0.25) is 10.0 Å². The molecule has 0 atom stereocenters. The van der Waals surface area contributed by atoms with Crippen LogP contribution in [0.1, 0.15) is 5.56 Å². The number of aromatic nitrogens is 2. The maximum atomic E-state index is 13.1. The minimum atomic E-state index is -0.426. The van der Waals surface area contributed by atoms with Gasteiger partial charge in [-0.3, -0.25) is 13.9 Å². The number of amides is 1. The Morgan fingerprint density at radius 3 is 2.34 bits per heavy atom. The normalized spacial score (nSPS) is 11.2. The van der Waals surface area contributed by atoms with Crippen molar-refractivity contribution >= 4 is 45.8 Å². The van der Waals surface area contributed by atoms with E-state index in [0.29, 0.717) is 27.8 Å². The Labute approximate surface area is 192 Å². The second kappa shape index (κ2) is 8.33. The Morgan fingerprint density at radius 2 is 1.72 bits per heavy atom. The summed E-state index contributed by atoms with van der Waals surface area (Å²) >= 11 is 12.2. The van der Waals surface area contributed by atoms with Crippen LogP contribution in [0.3, 0.4) is 0 Å². The van der Waals surface area contributed by atoms with Gasteiger partial charge in [-0.15, -0.1) is 0 Å². The molecule has 1 aromatic heterocycles. The van der Waals surface area contributed by atoms with E-state index in [2.05, 4.69) is 5.32 Å². The number of carbonyl (C=O) groups is 1. The van der Waals surface area contributed by atoms with Crippen LogP contribution in [0.25, 0.3) is 22.2 Å². The Balaban J connectivity index is 1.80. The highest BCUT2D eigenvalue weighted by Gasteiger charge is 2.19. The third kappa shape index (κ3) is 3.97. The van der Waals surface area contributed by atoms with Gasteiger partial charge in [0.25, 0.3) is 0 Å². The van der Waals surface area contributed by atoms with Crippen molar-refractivity contribution in [1.82, 2.24) is 9.13 Å². The summed E-state index contributed by atoms with van der Waals surface area (Å²) in [7, 11) is 1.61. The lowest BCUT2D eigenvalue weighted by Gasteiger charge is -2.11. The fraction of sp³-hybridized carbons (Fsp3) is 0.130. The third-order valence-corrected chi connectivity index (χ3v) is 5.71. The number of nitrogens with zero attached hydrogens (tertiary/aromatic N) is 2. The zero-order valence-electron chi connectivity index (χ0n) is 17.1. The van der Waals surface area contributed by atoms with Gasteiger partial charge in [0.1, 0.15) is 12.4 Å². The van der Waals surface area contributed by atoms with Gasteiger partial charge < -0.3 is 10.4 Å². The molecule has 4 rings (SSSR count). The second-order valence-corrected chi connectivity index (χ2v) is 8.27. The molecule has 6 nitrogen and oxygen atoms in total. The van der Waals surface area contributed by atoms with Crippen molar-refractivity contribution in [1.29, 1.82) is 0 Å². The lowest BCUT2D eigenvalue weighted by Crippen LogP contribution is -2.28. The van der Waals surface area contributed by atoms with Gasteiger partial charge in [-0.2, -0.15) is 0 Å². The number of carbonyl (C=O) groups excluding carboxylic acids is 1. The van der Waals surface area contributed by atoms with Gasteiger partial charge in [0.15, 0.2) is 5.75 Å². The van der Waals surface area contributed by atoms with Crippen LogP contribution in [-0.4, -0.2) is 20.1 Å². The van der Waals surface area contributed by atoms with Gasteiger partial charge in [-0.1, -0.05) is 23.2 Å². The molecule has 0 bridgehead atoms. The molecule has 0 spiro atoms. The van der Waals surface area contributed by atoms with E-state index in [1.54, 1.807) is 19.2 Å². The van der Waals surface area contributed by atoms with Crippen LogP contribution in [0, 0.1) is 12.7 Å². The Kier molecular flexibility index (Phi) is 5.71. The average molecular weight is 474 g/mol. The van der Waals surface area contributed by atoms with Crippen LogP contribution >= 0.6 is 23.2 Å². The maximum absolute atomic E-state index is 13.1. The van der Waals surface area contributed by atoms with Crippen molar-refractivity contribution in [2.75, 3.05) is 5.32 Å². The van der Waals surface area contributed by atoms with E-state index in [1.807, 2.05) is 19.1 Å². The number of nitrogens with one attached hydrogen (secondary N) is 1. The van der Waals surface area contributed by atoms with Gasteiger partial charge >= 0.3 is 5.69 Å². The molecule has 4 aromatic rings. The van der Waals surface area contributed by atoms with Gasteiger partial charge in [0.2, 0.25) is 5.91 Å². The molecule has 2 N–H and O–H groups in total. The molecule has 3 aromatic carbocycles. The van der Waals surface area contributed by atoms with Gasteiger partial charge in [0, 0.05) is 18.3 Å². The van der Waals surface area contributed by atoms with Crippen LogP contribution in [0.4, 0.5) is 10.1 Å². The summed E-state index contributed by atoms with van der Waals surface area (Å²) in [5.74, 6) is -1.05. The van der Waals surface area contributed by atoms with Gasteiger partial charge in [-0.25, -0.2) is 9.18 Å². The van der Waals surface area contributed by atoms with Crippen LogP contribution < -0.4 is 11.0 Å². The summed E-state index contributed by atoms with van der Waals surface area (Å²) in [6.45, 7) is 1.64. The quantitative estimate of drug-likeness (QED) is 0.432. The third-order valence-electron chi connectivity index (χ3n) is 5.14. The van der Waals surface area contributed by atoms with Crippen molar-refractivity contribution in [3.05, 3.63) is 80.4 Å². The summed E-state index contributed by atoms with van der Waals surface area (Å²) in [6.07, 6.45) is 0. The molecular weight excluding hydrogens is 456 g/mol. The van der Waals surface area contributed by atoms with E-state index in [4.69, 9.17) is 23.2 Å². The molecule has 0 radical (unpaired) electrons. The molecule has 1 heterocycles. The molecule has 0 unspecified atom stereocenters. The molecule has 0 saturated carbocycles. The van der Waals surface area contributed by atoms with Crippen LogP contribution in [0.5, 0.6) is 5.75 Å². The monoisotopic (exact) mass is 473 g/mol. The number of hydrogen-bond acceptors (Lipinski definition) is 3. The van der Waals surface area contributed by atoms with E-state index in [-0.39, 0.29) is 28.0 Å². The summed E-state index contributed by atoms with van der Waals surface area (Å²) in [6, 6.07) is 12.2. The molecule has 0 saturated heterocycles. The molecule has 9 heteroatoms. The number of phenolic OH excluding ortho intramolecular Hbond substituents is 1. The van der Waals surface area contributed by atoms with E-state index >= 15 is 0 Å². The highest BCUT2D eigenvalue weighted by molar-refractivity contribution is 6.37. The summed E-state index contributed by atoms with van der Waals surface area (Å²) in [4.78, 5) is 25.6. The molecule has 0 aliphatic heterocycles. The first-order valence-electron chi connectivity index (χ1n) is 9.59. The highest BCUT2D eigenvalue weighted by Crippen LogP contribution is 2.38. The number of fused-ring (bicyclic) bond motifs is 1. The fourth-order valence-electron chi connectivity index (χ4n) is 3.67. The lowest BCUT2D eigenvalue weighted by atomic mass is 10.0. The summed E-state index contributed by atoms with van der Waals surface area (Å²) in [5, 5.41) is 12.7. The minimum absolute atomic E-state index is 0.0882. The molecule has 1 amide bonds. The number of anilines is 1. The summed E-state index contributed by atoms with van der Waals surface area (Å²) in [5.41, 5.74) is 3.35. The second-order valence-electron chi connectivity index (χ2n) is 7.45. The van der Waals surface area contributed by atoms with E-state index < -0.39 is 11.7 Å². The zero-order valence-corrected chi connectivity index (χ0v) is 18.6. The SMILES string of the molecule is Cc1cc(-c2cc(Cl)c(O)c(Cl)c2)c2c(c1)n(CC(=O)Nc1ccc(F)cc1)c(=O)n2C. The largest absolute Gasteiger partial charge is 0.505 e. The first-order chi connectivity index (χ1) is 15.2. The van der Waals surface area contributed by atoms with Gasteiger partial charge in [0.05, 0.1) is 21.1 Å². The predicted octanol–water partition coefficient (Wildman–Crippen LogP) is 5.11. The van der Waals surface area contributed by atoms with Crippen molar-refractivity contribution in [3.63, 3.8) is 0 Å². The van der Waals surface area contributed by atoms with E-state index in [1.165, 1.54) is 33.4 Å². The standard InChI is InChI=1S/C23H18Cl2FN3O3/c1-12-7-16(13-9-17(24)22(31)18(25)10-13)21-19(8-12)29(23(32)28(21)2)11-20(30)27-15-5-3-14(26)4-6-15/h3-10,31H,11H2,1-2H3,(H,27,30). The van der Waals surface area contributed by atoms with Crippen LogP contribution in [-0.2, 0) is 18.4 Å². The Morgan fingerprint density at radius 1 is 1.09 bits per heavy atom. The first-order valence-corrected chi connectivity index (χ1v) is 10.3. The topological polar surface area (TPSA) is 76.3 Å². The smallest absolute Gasteiger partial charge is 0.329 e. The lowest BCUT2D eigenvalue weighted by molar-refractivity contribution is -0.116. The average Bonchev–Trinajstić information content (AvgIpc) is 2.97. The van der Waals surface area contributed by atoms with Crippen molar-refractivity contribution in [3.8, 4) is 16.9 Å². The number of halogens is 3. The van der Waals surface area contributed by atoms with E-state index in [9.17, 15) is 19.1 Å². The van der Waals surface area contributed by atoms with Crippen molar-refractivity contribution in [2.24, 2.45) is 7.05 Å². The number of phenols is 1. The van der Waals surface area contributed by atoms with E-state index in [0.717, 1.165) is 5.56 Å². The molecule has 0 fully saturated rings. The fourth-order valence-corrected chi connectivity index (χ4v) is 4.16. The number of hydrogen-bond donors (Lipinski definition) is 2. The molecule has 32 heavy (non-hydrogen) atoms. The number of rotatable bonds is 4. The molecular formula is C23H18Cl2FN3O3. The minimum Gasteiger partial charge on any atom is -0.505 e. The Hall–Kier alpha value is -3.29.